The Balaban J connectivity index is 1.89. The summed E-state index contributed by atoms with van der Waals surface area (Å²) in [6.45, 7) is 2.98. The molecule has 0 bridgehead atoms. The van der Waals surface area contributed by atoms with E-state index in [1.54, 1.807) is 7.11 Å². The van der Waals surface area contributed by atoms with E-state index in [2.05, 4.69) is 18.3 Å². The number of methoxy groups -OCH3 is 1. The Morgan fingerprint density at radius 3 is 3.00 bits per heavy atom. The molecule has 2 heterocycles. The fourth-order valence-electron chi connectivity index (χ4n) is 2.46. The summed E-state index contributed by atoms with van der Waals surface area (Å²) in [5.74, 6) is 4.75. The Bertz CT molecular complexity index is 645. The van der Waals surface area contributed by atoms with Crippen molar-refractivity contribution in [1.29, 1.82) is 0 Å². The van der Waals surface area contributed by atoms with Crippen LogP contribution in [0.4, 0.5) is 5.82 Å². The van der Waals surface area contributed by atoms with Gasteiger partial charge in [-0.05, 0) is 24.6 Å². The molecule has 4 nitrogen and oxygen atoms in total. The average molecular weight is 301 g/mol. The lowest BCUT2D eigenvalue weighted by Crippen LogP contribution is -2.09. The standard InChI is InChI=1S/C16H19N3OS/c1-3-17-16-13-9-21-10-14(13)18-15(19-16)8-11-5-4-6-12(7-11)20-2/h4-7H,3,8-10H2,1-2H3,(H,17,18,19). The summed E-state index contributed by atoms with van der Waals surface area (Å²) in [7, 11) is 1.69. The summed E-state index contributed by atoms with van der Waals surface area (Å²) in [6, 6.07) is 8.08. The van der Waals surface area contributed by atoms with Crippen molar-refractivity contribution in [2.75, 3.05) is 19.0 Å². The van der Waals surface area contributed by atoms with Gasteiger partial charge in [-0.15, -0.1) is 0 Å². The van der Waals surface area contributed by atoms with Gasteiger partial charge in [-0.2, -0.15) is 11.8 Å². The minimum atomic E-state index is 0.730. The SMILES string of the molecule is CCNc1nc(Cc2cccc(OC)c2)nc2c1CSC2. The number of nitrogens with one attached hydrogen (secondary N) is 1. The number of benzene rings is 1. The second kappa shape index (κ2) is 6.35. The van der Waals surface area contributed by atoms with E-state index in [0.717, 1.165) is 41.9 Å². The van der Waals surface area contributed by atoms with Crippen molar-refractivity contribution >= 4 is 17.6 Å². The van der Waals surface area contributed by atoms with Gasteiger partial charge in [0.05, 0.1) is 12.8 Å². The third kappa shape index (κ3) is 3.13. The average Bonchev–Trinajstić information content (AvgIpc) is 2.96. The van der Waals surface area contributed by atoms with Crippen LogP contribution in [0.15, 0.2) is 24.3 Å². The molecule has 0 fully saturated rings. The van der Waals surface area contributed by atoms with Gasteiger partial charge in [0.25, 0.3) is 0 Å². The lowest BCUT2D eigenvalue weighted by atomic mass is 10.1. The minimum absolute atomic E-state index is 0.730. The van der Waals surface area contributed by atoms with Crippen LogP contribution >= 0.6 is 11.8 Å². The monoisotopic (exact) mass is 301 g/mol. The van der Waals surface area contributed by atoms with Crippen molar-refractivity contribution in [2.45, 2.75) is 24.9 Å². The zero-order valence-electron chi connectivity index (χ0n) is 12.3. The Hall–Kier alpha value is -1.75. The number of nitrogens with zero attached hydrogens (tertiary/aromatic N) is 2. The molecule has 21 heavy (non-hydrogen) atoms. The molecule has 1 aromatic carbocycles. The normalized spacial score (nSPS) is 13.0. The van der Waals surface area contributed by atoms with Gasteiger partial charge in [0.1, 0.15) is 17.4 Å². The molecule has 3 rings (SSSR count). The molecule has 0 amide bonds. The second-order valence-corrected chi connectivity index (χ2v) is 5.95. The molecule has 0 aliphatic carbocycles. The van der Waals surface area contributed by atoms with Gasteiger partial charge in [-0.1, -0.05) is 12.1 Å². The van der Waals surface area contributed by atoms with E-state index in [4.69, 9.17) is 14.7 Å². The van der Waals surface area contributed by atoms with Gasteiger partial charge in [0.15, 0.2) is 0 Å². The predicted octanol–water partition coefficient (Wildman–Crippen LogP) is 3.25. The maximum Gasteiger partial charge on any atom is 0.135 e. The molecular weight excluding hydrogens is 282 g/mol. The first kappa shape index (κ1) is 14.2. The van der Waals surface area contributed by atoms with E-state index in [0.29, 0.717) is 0 Å². The maximum atomic E-state index is 5.27. The van der Waals surface area contributed by atoms with Crippen LogP contribution in [0.25, 0.3) is 0 Å². The van der Waals surface area contributed by atoms with Crippen LogP contribution in [0, 0.1) is 0 Å². The van der Waals surface area contributed by atoms with E-state index in [1.807, 2.05) is 30.0 Å². The lowest BCUT2D eigenvalue weighted by molar-refractivity contribution is 0.414. The first-order valence-corrected chi connectivity index (χ1v) is 8.29. The first-order chi connectivity index (χ1) is 10.3. The molecule has 2 aromatic rings. The van der Waals surface area contributed by atoms with Crippen LogP contribution in [0.5, 0.6) is 5.75 Å². The van der Waals surface area contributed by atoms with E-state index in [-0.39, 0.29) is 0 Å². The fourth-order valence-corrected chi connectivity index (χ4v) is 3.50. The molecule has 1 aliphatic rings. The number of hydrogen-bond donors (Lipinski definition) is 1. The van der Waals surface area contributed by atoms with E-state index >= 15 is 0 Å². The first-order valence-electron chi connectivity index (χ1n) is 7.13. The molecule has 0 radical (unpaired) electrons. The van der Waals surface area contributed by atoms with Gasteiger partial charge in [-0.3, -0.25) is 0 Å². The van der Waals surface area contributed by atoms with Crippen LogP contribution in [-0.4, -0.2) is 23.6 Å². The van der Waals surface area contributed by atoms with Crippen molar-refractivity contribution in [2.24, 2.45) is 0 Å². The zero-order chi connectivity index (χ0) is 14.7. The van der Waals surface area contributed by atoms with Crippen molar-refractivity contribution in [3.05, 3.63) is 46.9 Å². The van der Waals surface area contributed by atoms with Gasteiger partial charge in [-0.25, -0.2) is 9.97 Å². The van der Waals surface area contributed by atoms with Gasteiger partial charge in [0, 0.05) is 30.0 Å². The van der Waals surface area contributed by atoms with Crippen LogP contribution in [0.2, 0.25) is 0 Å². The smallest absolute Gasteiger partial charge is 0.135 e. The van der Waals surface area contributed by atoms with Crippen LogP contribution < -0.4 is 10.1 Å². The van der Waals surface area contributed by atoms with Gasteiger partial charge < -0.3 is 10.1 Å². The molecule has 1 N–H and O–H groups in total. The Morgan fingerprint density at radius 1 is 1.29 bits per heavy atom. The molecule has 0 unspecified atom stereocenters. The molecule has 0 saturated carbocycles. The van der Waals surface area contributed by atoms with Crippen molar-refractivity contribution in [3.63, 3.8) is 0 Å². The van der Waals surface area contributed by atoms with E-state index in [1.165, 1.54) is 16.8 Å². The molecule has 5 heteroatoms. The summed E-state index contributed by atoms with van der Waals surface area (Å²) in [4.78, 5) is 9.44. The minimum Gasteiger partial charge on any atom is -0.497 e. The summed E-state index contributed by atoms with van der Waals surface area (Å²) >= 11 is 1.90. The van der Waals surface area contributed by atoms with Crippen LogP contribution in [0.1, 0.15) is 29.6 Å². The van der Waals surface area contributed by atoms with Crippen molar-refractivity contribution < 1.29 is 4.74 Å². The highest BCUT2D eigenvalue weighted by Crippen LogP contribution is 2.33. The molecule has 1 aliphatic heterocycles. The number of anilines is 1. The van der Waals surface area contributed by atoms with Crippen LogP contribution in [0.3, 0.4) is 0 Å². The summed E-state index contributed by atoms with van der Waals surface area (Å²) in [5.41, 5.74) is 3.63. The number of rotatable bonds is 5. The van der Waals surface area contributed by atoms with E-state index in [9.17, 15) is 0 Å². The fraction of sp³-hybridized carbons (Fsp3) is 0.375. The molecule has 0 spiro atoms. The highest BCUT2D eigenvalue weighted by atomic mass is 32.2. The Morgan fingerprint density at radius 2 is 2.19 bits per heavy atom. The molecule has 110 valence electrons. The Labute approximate surface area is 129 Å². The van der Waals surface area contributed by atoms with Crippen molar-refractivity contribution in [1.82, 2.24) is 9.97 Å². The second-order valence-electron chi connectivity index (χ2n) is 4.97. The van der Waals surface area contributed by atoms with Gasteiger partial charge in [0.2, 0.25) is 0 Å². The third-order valence-corrected chi connectivity index (χ3v) is 4.44. The number of aromatic nitrogens is 2. The number of thioether (sulfide) groups is 1. The molecule has 0 atom stereocenters. The van der Waals surface area contributed by atoms with Gasteiger partial charge >= 0.3 is 0 Å². The topological polar surface area (TPSA) is 47.0 Å². The third-order valence-electron chi connectivity index (χ3n) is 3.46. The Kier molecular flexibility index (Phi) is 4.29. The number of fused-ring (bicyclic) bond motifs is 1. The molecule has 1 aromatic heterocycles. The van der Waals surface area contributed by atoms with E-state index < -0.39 is 0 Å². The quantitative estimate of drug-likeness (QED) is 0.918. The molecule has 0 saturated heterocycles. The molecular formula is C16H19N3OS. The maximum absolute atomic E-state index is 5.27. The van der Waals surface area contributed by atoms with Crippen LogP contribution in [-0.2, 0) is 17.9 Å². The zero-order valence-corrected chi connectivity index (χ0v) is 13.2. The number of hydrogen-bond acceptors (Lipinski definition) is 5. The number of ether oxygens (including phenoxy) is 1. The predicted molar refractivity (Wildman–Crippen MR) is 87.0 cm³/mol. The summed E-state index contributed by atoms with van der Waals surface area (Å²) in [5, 5.41) is 3.37. The lowest BCUT2D eigenvalue weighted by Gasteiger charge is -2.11. The van der Waals surface area contributed by atoms with Crippen molar-refractivity contribution in [3.8, 4) is 5.75 Å². The highest BCUT2D eigenvalue weighted by Gasteiger charge is 2.19. The highest BCUT2D eigenvalue weighted by molar-refractivity contribution is 7.98. The summed E-state index contributed by atoms with van der Waals surface area (Å²) < 4.78 is 5.27. The largest absolute Gasteiger partial charge is 0.497 e. The summed E-state index contributed by atoms with van der Waals surface area (Å²) in [6.07, 6.45) is 0.730.